The van der Waals surface area contributed by atoms with E-state index in [1.807, 2.05) is 35.6 Å². The summed E-state index contributed by atoms with van der Waals surface area (Å²) in [6.07, 6.45) is 5.15. The molecule has 0 aliphatic carbocycles. The molecule has 3 rings (SSSR count). The minimum Gasteiger partial charge on any atom is -0.493 e. The van der Waals surface area contributed by atoms with E-state index in [-0.39, 0.29) is 36.3 Å². The van der Waals surface area contributed by atoms with Crippen LogP contribution in [0, 0.1) is 5.82 Å². The van der Waals surface area contributed by atoms with Gasteiger partial charge in [-0.2, -0.15) is 0 Å². The molecule has 10 nitrogen and oxygen atoms in total. The first-order valence-corrected chi connectivity index (χ1v) is 15.4. The standard InChI is InChI=1S/C29H39FIN5O5/c1-2-19-8-21(15-33-14-19)16-34-17-26(37)24-11-20-9-22(30)12-23(10-20)41-7-5-3-4-6-28(39)36(18-31)25(13-27(32)38)29(40)35-24/h8-10,12,14-15,24-26,34,37H,2-7,11,13,16-18H2,1H3,(H2,32,38)(H,35,40)/t24?,25?,26-/m1/s1. The number of hydrogen-bond acceptors (Lipinski definition) is 7. The number of amides is 3. The summed E-state index contributed by atoms with van der Waals surface area (Å²) in [4.78, 5) is 44.1. The van der Waals surface area contributed by atoms with Gasteiger partial charge in [0.05, 0.1) is 29.7 Å². The molecule has 0 radical (unpaired) electrons. The number of hydrogen-bond donors (Lipinski definition) is 4. The molecule has 2 unspecified atom stereocenters. The summed E-state index contributed by atoms with van der Waals surface area (Å²) in [6, 6.07) is 4.33. The molecule has 1 aromatic heterocycles. The van der Waals surface area contributed by atoms with Gasteiger partial charge < -0.3 is 31.1 Å². The average molecular weight is 684 g/mol. The molecular formula is C29H39FIN5O5. The fourth-order valence-electron chi connectivity index (χ4n) is 4.72. The second-order valence-corrected chi connectivity index (χ2v) is 10.9. The van der Waals surface area contributed by atoms with Gasteiger partial charge >= 0.3 is 0 Å². The maximum absolute atomic E-state index is 14.5. The molecule has 2 heterocycles. The Hall–Kier alpha value is -2.84. The molecule has 0 saturated heterocycles. The number of pyridine rings is 1. The summed E-state index contributed by atoms with van der Waals surface area (Å²) in [7, 11) is 0. The van der Waals surface area contributed by atoms with Gasteiger partial charge in [0, 0.05) is 38.0 Å². The number of primary amides is 1. The van der Waals surface area contributed by atoms with Crippen LogP contribution in [0.1, 0.15) is 55.7 Å². The first-order valence-electron chi connectivity index (χ1n) is 13.9. The minimum absolute atomic E-state index is 0.0804. The highest BCUT2D eigenvalue weighted by atomic mass is 127. The Morgan fingerprint density at radius 2 is 2.02 bits per heavy atom. The largest absolute Gasteiger partial charge is 0.493 e. The summed E-state index contributed by atoms with van der Waals surface area (Å²) >= 11 is 1.98. The SMILES string of the molecule is CCc1cncc(CNC[C@@H](O)C2Cc3cc(F)cc(c3)OCCCCCC(=O)N(CI)C(CC(N)=O)C(=O)N2)c1. The van der Waals surface area contributed by atoms with E-state index in [9.17, 15) is 23.9 Å². The normalized spacial score (nSPS) is 19.8. The van der Waals surface area contributed by atoms with Gasteiger partial charge in [0.25, 0.3) is 0 Å². The minimum atomic E-state index is -1.14. The molecule has 3 atom stereocenters. The second-order valence-electron chi connectivity index (χ2n) is 10.2. The average Bonchev–Trinajstić information content (AvgIpc) is 2.93. The number of nitrogens with zero attached hydrogens (tertiary/aromatic N) is 2. The first-order chi connectivity index (χ1) is 19.7. The first kappa shape index (κ1) is 32.7. The van der Waals surface area contributed by atoms with E-state index in [1.54, 1.807) is 18.5 Å². The summed E-state index contributed by atoms with van der Waals surface area (Å²) in [5, 5.41) is 17.2. The van der Waals surface area contributed by atoms with Crippen LogP contribution in [-0.2, 0) is 33.8 Å². The van der Waals surface area contributed by atoms with Crippen LogP contribution in [0.2, 0.25) is 0 Å². The Bertz CT molecular complexity index is 1190. The second kappa shape index (κ2) is 16.6. The van der Waals surface area contributed by atoms with Crippen molar-refractivity contribution in [2.45, 2.75) is 76.6 Å². The Balaban J connectivity index is 1.87. The highest BCUT2D eigenvalue weighted by Crippen LogP contribution is 2.20. The topological polar surface area (TPSA) is 147 Å². The number of benzene rings is 1. The third-order valence-electron chi connectivity index (χ3n) is 6.95. The zero-order chi connectivity index (χ0) is 29.8. The monoisotopic (exact) mass is 683 g/mol. The van der Waals surface area contributed by atoms with Crippen molar-refractivity contribution in [2.24, 2.45) is 5.73 Å². The number of carbonyl (C=O) groups is 3. The third kappa shape index (κ3) is 10.5. The summed E-state index contributed by atoms with van der Waals surface area (Å²) < 4.78 is 20.4. The van der Waals surface area contributed by atoms with Gasteiger partial charge in [-0.25, -0.2) is 4.39 Å². The van der Waals surface area contributed by atoms with Crippen molar-refractivity contribution >= 4 is 40.3 Å². The molecule has 41 heavy (non-hydrogen) atoms. The molecule has 224 valence electrons. The van der Waals surface area contributed by atoms with E-state index in [1.165, 1.54) is 17.0 Å². The van der Waals surface area contributed by atoms with Crippen LogP contribution < -0.4 is 21.1 Å². The lowest BCUT2D eigenvalue weighted by Gasteiger charge is -2.32. The van der Waals surface area contributed by atoms with Gasteiger partial charge in [-0.05, 0) is 60.9 Å². The molecule has 2 aromatic rings. The lowest BCUT2D eigenvalue weighted by molar-refractivity contribution is -0.141. The quantitative estimate of drug-likeness (QED) is 0.180. The van der Waals surface area contributed by atoms with Gasteiger partial charge in [0.1, 0.15) is 17.6 Å². The Labute approximate surface area is 253 Å². The Kier molecular flexibility index (Phi) is 13.2. The molecule has 1 aliphatic rings. The Morgan fingerprint density at radius 1 is 1.24 bits per heavy atom. The zero-order valence-electron chi connectivity index (χ0n) is 23.3. The van der Waals surface area contributed by atoms with Crippen molar-refractivity contribution in [3.63, 3.8) is 0 Å². The van der Waals surface area contributed by atoms with E-state index in [4.69, 9.17) is 10.5 Å². The molecule has 12 heteroatoms. The lowest BCUT2D eigenvalue weighted by atomic mass is 9.99. The summed E-state index contributed by atoms with van der Waals surface area (Å²) in [5.41, 5.74) is 8.02. The Morgan fingerprint density at radius 3 is 2.76 bits per heavy atom. The van der Waals surface area contributed by atoms with E-state index in [0.29, 0.717) is 43.7 Å². The number of ether oxygens (including phenoxy) is 1. The van der Waals surface area contributed by atoms with Crippen LogP contribution in [0.4, 0.5) is 4.39 Å². The highest BCUT2D eigenvalue weighted by molar-refractivity contribution is 14.1. The van der Waals surface area contributed by atoms with Crippen molar-refractivity contribution < 1.29 is 28.6 Å². The van der Waals surface area contributed by atoms with E-state index in [0.717, 1.165) is 17.5 Å². The van der Waals surface area contributed by atoms with E-state index in [2.05, 4.69) is 15.6 Å². The van der Waals surface area contributed by atoms with Crippen LogP contribution >= 0.6 is 22.6 Å². The molecule has 2 bridgehead atoms. The molecule has 3 amide bonds. The van der Waals surface area contributed by atoms with Crippen molar-refractivity contribution in [1.29, 1.82) is 0 Å². The van der Waals surface area contributed by atoms with Gasteiger partial charge in [-0.1, -0.05) is 35.6 Å². The fraction of sp³-hybridized carbons (Fsp3) is 0.517. The number of nitrogens with two attached hydrogens (primary N) is 1. The maximum atomic E-state index is 14.5. The molecule has 1 aromatic carbocycles. The number of aliphatic hydroxyl groups is 1. The zero-order valence-corrected chi connectivity index (χ0v) is 25.4. The number of halogens is 2. The predicted molar refractivity (Wildman–Crippen MR) is 161 cm³/mol. The number of aryl methyl sites for hydroxylation is 1. The van der Waals surface area contributed by atoms with Crippen molar-refractivity contribution in [3.05, 3.63) is 59.2 Å². The van der Waals surface area contributed by atoms with Crippen molar-refractivity contribution in [2.75, 3.05) is 17.7 Å². The molecule has 0 spiro atoms. The molecule has 1 aliphatic heterocycles. The van der Waals surface area contributed by atoms with Crippen LogP contribution in [-0.4, -0.2) is 68.6 Å². The number of nitrogens with one attached hydrogen (secondary N) is 2. The lowest BCUT2D eigenvalue weighted by Crippen LogP contribution is -2.56. The third-order valence-corrected chi connectivity index (χ3v) is 7.68. The number of rotatable bonds is 9. The highest BCUT2D eigenvalue weighted by Gasteiger charge is 2.33. The number of fused-ring (bicyclic) bond motifs is 2. The van der Waals surface area contributed by atoms with Crippen LogP contribution in [0.15, 0.2) is 36.7 Å². The van der Waals surface area contributed by atoms with Gasteiger partial charge in [0.15, 0.2) is 0 Å². The smallest absolute Gasteiger partial charge is 0.243 e. The number of aliphatic hydroxyl groups excluding tert-OH is 1. The van der Waals surface area contributed by atoms with Crippen molar-refractivity contribution in [3.8, 4) is 5.75 Å². The number of aromatic nitrogens is 1. The van der Waals surface area contributed by atoms with Crippen molar-refractivity contribution in [1.82, 2.24) is 20.5 Å². The number of carbonyl (C=O) groups excluding carboxylic acids is 3. The summed E-state index contributed by atoms with van der Waals surface area (Å²) in [5.74, 6) is -1.74. The van der Waals surface area contributed by atoms with Crippen LogP contribution in [0.25, 0.3) is 0 Å². The maximum Gasteiger partial charge on any atom is 0.243 e. The van der Waals surface area contributed by atoms with Gasteiger partial charge in [-0.3, -0.25) is 19.4 Å². The molecule has 0 saturated carbocycles. The van der Waals surface area contributed by atoms with Gasteiger partial charge in [-0.15, -0.1) is 0 Å². The number of alkyl halides is 1. The molecular weight excluding hydrogens is 644 g/mol. The van der Waals surface area contributed by atoms with Crippen LogP contribution in [0.3, 0.4) is 0 Å². The van der Waals surface area contributed by atoms with E-state index < -0.39 is 35.8 Å². The van der Waals surface area contributed by atoms with E-state index >= 15 is 0 Å². The molecule has 5 N–H and O–H groups in total. The predicted octanol–water partition coefficient (Wildman–Crippen LogP) is 2.38. The summed E-state index contributed by atoms with van der Waals surface area (Å²) in [6.45, 7) is 2.95. The van der Waals surface area contributed by atoms with Gasteiger partial charge in [0.2, 0.25) is 17.7 Å². The fourth-order valence-corrected chi connectivity index (χ4v) is 5.58. The van der Waals surface area contributed by atoms with Crippen LogP contribution in [0.5, 0.6) is 5.75 Å². The molecule has 0 fully saturated rings.